The first-order chi connectivity index (χ1) is 13.0. The Morgan fingerprint density at radius 1 is 1.19 bits per heavy atom. The summed E-state index contributed by atoms with van der Waals surface area (Å²) in [5, 5.41) is 8.19. The van der Waals surface area contributed by atoms with Crippen molar-refractivity contribution >= 4 is 16.9 Å². The molecule has 0 radical (unpaired) electrons. The Kier molecular flexibility index (Phi) is 4.24. The van der Waals surface area contributed by atoms with Gasteiger partial charge in [0.05, 0.1) is 22.9 Å². The highest BCUT2D eigenvalue weighted by atomic mass is 16.3. The van der Waals surface area contributed by atoms with Gasteiger partial charge in [-0.3, -0.25) is 9.48 Å². The third-order valence-electron chi connectivity index (χ3n) is 4.56. The number of aromatic nitrogens is 3. The van der Waals surface area contributed by atoms with E-state index < -0.39 is 0 Å². The van der Waals surface area contributed by atoms with Gasteiger partial charge in [0.15, 0.2) is 11.4 Å². The maximum atomic E-state index is 13.0. The lowest BCUT2D eigenvalue weighted by molar-refractivity contribution is 0.0952. The maximum Gasteiger partial charge on any atom is 0.252 e. The zero-order valence-corrected chi connectivity index (χ0v) is 15.5. The summed E-state index contributed by atoms with van der Waals surface area (Å²) in [7, 11) is 1.82. The van der Waals surface area contributed by atoms with E-state index >= 15 is 0 Å². The topological polar surface area (TPSA) is 73.0 Å². The molecule has 4 rings (SSSR count). The first-order valence-corrected chi connectivity index (χ1v) is 8.75. The van der Waals surface area contributed by atoms with E-state index in [-0.39, 0.29) is 5.91 Å². The largest absolute Gasteiger partial charge is 0.463 e. The first-order valence-electron chi connectivity index (χ1n) is 8.75. The summed E-state index contributed by atoms with van der Waals surface area (Å²) in [5.41, 5.74) is 4.82. The molecule has 0 aliphatic rings. The fraction of sp³-hybridized carbons (Fsp3) is 0.190. The normalized spacial score (nSPS) is 11.1. The van der Waals surface area contributed by atoms with Gasteiger partial charge in [0.25, 0.3) is 5.91 Å². The molecule has 6 nitrogen and oxygen atoms in total. The number of nitrogens with zero attached hydrogens (tertiary/aromatic N) is 3. The van der Waals surface area contributed by atoms with Crippen molar-refractivity contribution in [3.8, 4) is 11.5 Å². The average Bonchev–Trinajstić information content (AvgIpc) is 3.29. The summed E-state index contributed by atoms with van der Waals surface area (Å²) in [6.45, 7) is 4.38. The van der Waals surface area contributed by atoms with E-state index in [0.29, 0.717) is 29.2 Å². The number of fused-ring (bicyclic) bond motifs is 1. The predicted molar refractivity (Wildman–Crippen MR) is 103 cm³/mol. The van der Waals surface area contributed by atoms with Crippen LogP contribution in [0.25, 0.3) is 22.5 Å². The number of rotatable bonds is 4. The number of pyridine rings is 1. The maximum absolute atomic E-state index is 13.0. The van der Waals surface area contributed by atoms with E-state index in [4.69, 9.17) is 4.42 Å². The Hall–Kier alpha value is -3.41. The van der Waals surface area contributed by atoms with Crippen molar-refractivity contribution in [1.29, 1.82) is 0 Å². The molecule has 0 saturated heterocycles. The molecule has 27 heavy (non-hydrogen) atoms. The molecule has 3 heterocycles. The first kappa shape index (κ1) is 17.0. The van der Waals surface area contributed by atoms with Crippen LogP contribution in [0.4, 0.5) is 0 Å². The van der Waals surface area contributed by atoms with Gasteiger partial charge in [-0.15, -0.1) is 0 Å². The Morgan fingerprint density at radius 2 is 1.96 bits per heavy atom. The molecule has 0 fully saturated rings. The van der Waals surface area contributed by atoms with E-state index in [1.807, 2.05) is 51.2 Å². The monoisotopic (exact) mass is 360 g/mol. The van der Waals surface area contributed by atoms with Gasteiger partial charge in [0, 0.05) is 13.6 Å². The molecule has 0 aliphatic heterocycles. The minimum Gasteiger partial charge on any atom is -0.463 e. The summed E-state index contributed by atoms with van der Waals surface area (Å²) >= 11 is 0. The molecule has 1 amide bonds. The highest BCUT2D eigenvalue weighted by Gasteiger charge is 2.19. The van der Waals surface area contributed by atoms with Crippen LogP contribution in [-0.4, -0.2) is 20.7 Å². The standard InChI is InChI=1S/C21H20N4O2/c1-13-6-8-15(9-7-13)12-22-21(26)16-11-17(18-5-4-10-27-18)23-20-19(16)14(2)24-25(20)3/h4-11H,12H2,1-3H3,(H,22,26). The van der Waals surface area contributed by atoms with Crippen molar-refractivity contribution < 1.29 is 9.21 Å². The molecular formula is C21H20N4O2. The number of amides is 1. The van der Waals surface area contributed by atoms with Crippen LogP contribution >= 0.6 is 0 Å². The second-order valence-electron chi connectivity index (χ2n) is 6.61. The van der Waals surface area contributed by atoms with E-state index in [0.717, 1.165) is 16.6 Å². The van der Waals surface area contributed by atoms with Crippen molar-refractivity contribution in [2.45, 2.75) is 20.4 Å². The minimum atomic E-state index is -0.160. The lowest BCUT2D eigenvalue weighted by Gasteiger charge is -2.09. The number of hydrogen-bond acceptors (Lipinski definition) is 4. The molecule has 0 unspecified atom stereocenters. The highest BCUT2D eigenvalue weighted by molar-refractivity contribution is 6.07. The van der Waals surface area contributed by atoms with Crippen LogP contribution in [0.5, 0.6) is 0 Å². The second kappa shape index (κ2) is 6.72. The molecule has 0 spiro atoms. The van der Waals surface area contributed by atoms with Crippen LogP contribution in [-0.2, 0) is 13.6 Å². The van der Waals surface area contributed by atoms with E-state index in [2.05, 4.69) is 15.4 Å². The number of furan rings is 1. The average molecular weight is 360 g/mol. The molecule has 0 aliphatic carbocycles. The van der Waals surface area contributed by atoms with Crippen molar-refractivity contribution in [2.24, 2.45) is 7.05 Å². The minimum absolute atomic E-state index is 0.160. The Bertz CT molecular complexity index is 1110. The molecule has 1 aromatic carbocycles. The van der Waals surface area contributed by atoms with Crippen LogP contribution < -0.4 is 5.32 Å². The predicted octanol–water partition coefficient (Wildman–Crippen LogP) is 3.78. The third-order valence-corrected chi connectivity index (χ3v) is 4.56. The van der Waals surface area contributed by atoms with Gasteiger partial charge in [-0.05, 0) is 37.6 Å². The number of nitrogens with one attached hydrogen (secondary N) is 1. The smallest absolute Gasteiger partial charge is 0.252 e. The number of aryl methyl sites for hydroxylation is 3. The summed E-state index contributed by atoms with van der Waals surface area (Å²) in [4.78, 5) is 17.6. The van der Waals surface area contributed by atoms with Crippen molar-refractivity contribution in [3.63, 3.8) is 0 Å². The van der Waals surface area contributed by atoms with Crippen molar-refractivity contribution in [2.75, 3.05) is 0 Å². The second-order valence-corrected chi connectivity index (χ2v) is 6.61. The van der Waals surface area contributed by atoms with E-state index in [9.17, 15) is 4.79 Å². The summed E-state index contributed by atoms with van der Waals surface area (Å²) in [6.07, 6.45) is 1.59. The van der Waals surface area contributed by atoms with Crippen LogP contribution in [0.15, 0.2) is 53.1 Å². The van der Waals surface area contributed by atoms with Crippen LogP contribution in [0.1, 0.15) is 27.2 Å². The van der Waals surface area contributed by atoms with Gasteiger partial charge in [-0.2, -0.15) is 5.10 Å². The zero-order valence-electron chi connectivity index (χ0n) is 15.5. The molecule has 0 saturated carbocycles. The quantitative estimate of drug-likeness (QED) is 0.601. The third kappa shape index (κ3) is 3.21. The van der Waals surface area contributed by atoms with Crippen LogP contribution in [0.2, 0.25) is 0 Å². The highest BCUT2D eigenvalue weighted by Crippen LogP contribution is 2.27. The van der Waals surface area contributed by atoms with Crippen LogP contribution in [0, 0.1) is 13.8 Å². The zero-order chi connectivity index (χ0) is 19.0. The fourth-order valence-corrected chi connectivity index (χ4v) is 3.16. The number of carbonyl (C=O) groups excluding carboxylic acids is 1. The molecule has 0 bridgehead atoms. The molecule has 6 heteroatoms. The molecule has 0 atom stereocenters. The Morgan fingerprint density at radius 3 is 2.67 bits per heavy atom. The lowest BCUT2D eigenvalue weighted by atomic mass is 10.1. The van der Waals surface area contributed by atoms with Gasteiger partial charge < -0.3 is 9.73 Å². The summed E-state index contributed by atoms with van der Waals surface area (Å²) in [5.74, 6) is 0.454. The molecular weight excluding hydrogens is 340 g/mol. The van der Waals surface area contributed by atoms with Gasteiger partial charge in [-0.1, -0.05) is 29.8 Å². The SMILES string of the molecule is Cc1ccc(CNC(=O)c2cc(-c3ccco3)nc3c2c(C)nn3C)cc1. The Balaban J connectivity index is 1.72. The van der Waals surface area contributed by atoms with Gasteiger partial charge in [-0.25, -0.2) is 4.98 Å². The molecule has 1 N–H and O–H groups in total. The number of benzene rings is 1. The number of hydrogen-bond donors (Lipinski definition) is 1. The van der Waals surface area contributed by atoms with Crippen LogP contribution in [0.3, 0.4) is 0 Å². The van der Waals surface area contributed by atoms with Gasteiger partial charge in [0.1, 0.15) is 5.69 Å². The summed E-state index contributed by atoms with van der Waals surface area (Å²) in [6, 6.07) is 13.5. The van der Waals surface area contributed by atoms with Gasteiger partial charge in [0.2, 0.25) is 0 Å². The van der Waals surface area contributed by atoms with Crippen molar-refractivity contribution in [3.05, 3.63) is 71.1 Å². The molecule has 3 aromatic heterocycles. The fourth-order valence-electron chi connectivity index (χ4n) is 3.16. The lowest BCUT2D eigenvalue weighted by Crippen LogP contribution is -2.23. The molecule has 4 aromatic rings. The van der Waals surface area contributed by atoms with Crippen molar-refractivity contribution in [1.82, 2.24) is 20.1 Å². The van der Waals surface area contributed by atoms with E-state index in [1.54, 1.807) is 23.1 Å². The van der Waals surface area contributed by atoms with E-state index in [1.165, 1.54) is 5.56 Å². The Labute approximate surface area is 156 Å². The van der Waals surface area contributed by atoms with Gasteiger partial charge >= 0.3 is 0 Å². The number of carbonyl (C=O) groups is 1. The molecule has 136 valence electrons. The summed E-state index contributed by atoms with van der Waals surface area (Å²) < 4.78 is 7.15.